The number of carbonyl (C=O) groups excluding carboxylic acids is 1. The molecule has 122 valence electrons. The summed E-state index contributed by atoms with van der Waals surface area (Å²) in [6.45, 7) is 0.660. The van der Waals surface area contributed by atoms with Gasteiger partial charge in [-0.05, 0) is 29.8 Å². The molecule has 0 heterocycles. The van der Waals surface area contributed by atoms with E-state index in [9.17, 15) is 4.79 Å². The average Bonchev–Trinajstić information content (AvgIpc) is 2.57. The number of amides is 1. The van der Waals surface area contributed by atoms with Gasteiger partial charge in [0.1, 0.15) is 0 Å². The Labute approximate surface area is 136 Å². The summed E-state index contributed by atoms with van der Waals surface area (Å²) in [4.78, 5) is 14.3. The molecule has 2 aromatic rings. The highest BCUT2D eigenvalue weighted by molar-refractivity contribution is 5.95. The Morgan fingerprint density at radius 1 is 1.17 bits per heavy atom. The van der Waals surface area contributed by atoms with E-state index in [0.717, 1.165) is 11.3 Å². The second-order valence-electron chi connectivity index (χ2n) is 5.21. The molecule has 0 aliphatic carbocycles. The van der Waals surface area contributed by atoms with Crippen LogP contribution in [0.3, 0.4) is 0 Å². The van der Waals surface area contributed by atoms with Gasteiger partial charge in [0.05, 0.1) is 6.61 Å². The van der Waals surface area contributed by atoms with Crippen LogP contribution < -0.4 is 10.2 Å². The molecule has 0 bridgehead atoms. The van der Waals surface area contributed by atoms with E-state index in [4.69, 9.17) is 9.84 Å². The van der Waals surface area contributed by atoms with Crippen LogP contribution in [0.25, 0.3) is 0 Å². The van der Waals surface area contributed by atoms with Gasteiger partial charge < -0.3 is 20.1 Å². The van der Waals surface area contributed by atoms with Crippen molar-refractivity contribution in [2.24, 2.45) is 0 Å². The highest BCUT2D eigenvalue weighted by Gasteiger charge is 2.19. The first-order chi connectivity index (χ1) is 11.2. The monoisotopic (exact) mass is 314 g/mol. The minimum absolute atomic E-state index is 0.0988. The fourth-order valence-electron chi connectivity index (χ4n) is 2.31. The fourth-order valence-corrected chi connectivity index (χ4v) is 2.31. The molecule has 0 spiro atoms. The van der Waals surface area contributed by atoms with Gasteiger partial charge in [-0.2, -0.15) is 0 Å². The number of hydrogen-bond donors (Lipinski definition) is 2. The molecule has 0 aliphatic rings. The molecule has 2 aromatic carbocycles. The Morgan fingerprint density at radius 2 is 1.83 bits per heavy atom. The third-order valence-electron chi connectivity index (χ3n) is 3.59. The van der Waals surface area contributed by atoms with Crippen molar-refractivity contribution in [3.63, 3.8) is 0 Å². The molecule has 0 aromatic heterocycles. The van der Waals surface area contributed by atoms with Gasteiger partial charge in [0, 0.05) is 32.1 Å². The van der Waals surface area contributed by atoms with E-state index in [0.29, 0.717) is 12.2 Å². The van der Waals surface area contributed by atoms with Crippen LogP contribution in [0.5, 0.6) is 0 Å². The SMILES string of the molecule is COC(C(=O)Nc1ccc(N(C)CCO)cc1)c1ccccc1. The van der Waals surface area contributed by atoms with Gasteiger partial charge in [0.2, 0.25) is 0 Å². The van der Waals surface area contributed by atoms with Gasteiger partial charge >= 0.3 is 0 Å². The minimum atomic E-state index is -0.645. The number of nitrogens with one attached hydrogen (secondary N) is 1. The summed E-state index contributed by atoms with van der Waals surface area (Å²) in [5, 5.41) is 11.8. The number of likely N-dealkylation sites (N-methyl/N-ethyl adjacent to an activating group) is 1. The molecule has 2 N–H and O–H groups in total. The minimum Gasteiger partial charge on any atom is -0.395 e. The third kappa shape index (κ3) is 4.55. The van der Waals surface area contributed by atoms with E-state index in [1.54, 1.807) is 0 Å². The largest absolute Gasteiger partial charge is 0.395 e. The molecule has 1 unspecified atom stereocenters. The van der Waals surface area contributed by atoms with Crippen LogP contribution in [-0.2, 0) is 9.53 Å². The van der Waals surface area contributed by atoms with Crippen LogP contribution in [0.1, 0.15) is 11.7 Å². The van der Waals surface area contributed by atoms with E-state index < -0.39 is 6.10 Å². The van der Waals surface area contributed by atoms with Crippen molar-refractivity contribution in [2.45, 2.75) is 6.10 Å². The number of benzene rings is 2. The van der Waals surface area contributed by atoms with E-state index in [-0.39, 0.29) is 12.5 Å². The highest BCUT2D eigenvalue weighted by Crippen LogP contribution is 2.21. The number of anilines is 2. The van der Waals surface area contributed by atoms with Gasteiger partial charge in [-0.3, -0.25) is 4.79 Å². The molecule has 5 heteroatoms. The number of nitrogens with zero attached hydrogens (tertiary/aromatic N) is 1. The Morgan fingerprint density at radius 3 is 2.39 bits per heavy atom. The molecule has 0 saturated heterocycles. The molecular formula is C18H22N2O3. The number of hydrogen-bond acceptors (Lipinski definition) is 4. The van der Waals surface area contributed by atoms with E-state index >= 15 is 0 Å². The topological polar surface area (TPSA) is 61.8 Å². The van der Waals surface area contributed by atoms with E-state index in [1.807, 2.05) is 66.5 Å². The molecule has 2 rings (SSSR count). The summed E-state index contributed by atoms with van der Waals surface area (Å²) in [7, 11) is 3.42. The summed E-state index contributed by atoms with van der Waals surface area (Å²) in [5.41, 5.74) is 2.49. The number of carbonyl (C=O) groups is 1. The van der Waals surface area contributed by atoms with E-state index in [2.05, 4.69) is 5.32 Å². The molecular weight excluding hydrogens is 292 g/mol. The van der Waals surface area contributed by atoms with Crippen LogP contribution >= 0.6 is 0 Å². The molecule has 5 nitrogen and oxygen atoms in total. The number of methoxy groups -OCH3 is 1. The van der Waals surface area contributed by atoms with Crippen molar-refractivity contribution in [3.05, 3.63) is 60.2 Å². The molecule has 0 radical (unpaired) electrons. The molecule has 0 aliphatic heterocycles. The van der Waals surface area contributed by atoms with Crippen LogP contribution in [0.4, 0.5) is 11.4 Å². The Bertz CT molecular complexity index is 614. The van der Waals surface area contributed by atoms with Crippen molar-refractivity contribution in [2.75, 3.05) is 37.5 Å². The quantitative estimate of drug-likeness (QED) is 0.824. The standard InChI is InChI=1S/C18H22N2O3/c1-20(12-13-21)16-10-8-15(9-11-16)19-18(22)17(23-2)14-6-4-3-5-7-14/h3-11,17,21H,12-13H2,1-2H3,(H,19,22). The lowest BCUT2D eigenvalue weighted by Gasteiger charge is -2.19. The van der Waals surface area contributed by atoms with Crippen LogP contribution in [-0.4, -0.2) is 38.3 Å². The maximum atomic E-state index is 12.4. The lowest BCUT2D eigenvalue weighted by Crippen LogP contribution is -2.23. The number of rotatable bonds is 7. The first-order valence-corrected chi connectivity index (χ1v) is 7.46. The molecule has 1 amide bonds. The predicted molar refractivity (Wildman–Crippen MR) is 91.6 cm³/mol. The Balaban J connectivity index is 2.04. The molecule has 23 heavy (non-hydrogen) atoms. The maximum absolute atomic E-state index is 12.4. The van der Waals surface area contributed by atoms with Crippen molar-refractivity contribution in [3.8, 4) is 0 Å². The number of aliphatic hydroxyl groups is 1. The van der Waals surface area contributed by atoms with Gasteiger partial charge in [0.15, 0.2) is 6.10 Å². The van der Waals surface area contributed by atoms with Crippen molar-refractivity contribution in [1.82, 2.24) is 0 Å². The zero-order valence-corrected chi connectivity index (χ0v) is 13.4. The zero-order valence-electron chi connectivity index (χ0n) is 13.4. The summed E-state index contributed by atoms with van der Waals surface area (Å²) in [5.74, 6) is -0.213. The molecule has 1 atom stereocenters. The second kappa shape index (κ2) is 8.31. The van der Waals surface area contributed by atoms with Crippen LogP contribution in [0.15, 0.2) is 54.6 Å². The van der Waals surface area contributed by atoms with Crippen molar-refractivity contribution >= 4 is 17.3 Å². The third-order valence-corrected chi connectivity index (χ3v) is 3.59. The number of aliphatic hydroxyl groups excluding tert-OH is 1. The van der Waals surface area contributed by atoms with Crippen LogP contribution in [0.2, 0.25) is 0 Å². The smallest absolute Gasteiger partial charge is 0.258 e. The highest BCUT2D eigenvalue weighted by atomic mass is 16.5. The summed E-state index contributed by atoms with van der Waals surface area (Å²) in [6.07, 6.45) is -0.645. The lowest BCUT2D eigenvalue weighted by molar-refractivity contribution is -0.126. The summed E-state index contributed by atoms with van der Waals surface area (Å²) < 4.78 is 5.32. The maximum Gasteiger partial charge on any atom is 0.258 e. The van der Waals surface area contributed by atoms with Gasteiger partial charge in [-0.1, -0.05) is 30.3 Å². The fraction of sp³-hybridized carbons (Fsp3) is 0.278. The number of ether oxygens (including phenoxy) is 1. The lowest BCUT2D eigenvalue weighted by atomic mass is 10.1. The zero-order chi connectivity index (χ0) is 16.7. The Kier molecular flexibility index (Phi) is 6.14. The first kappa shape index (κ1) is 17.0. The predicted octanol–water partition coefficient (Wildman–Crippen LogP) is 2.44. The molecule has 0 fully saturated rings. The average molecular weight is 314 g/mol. The second-order valence-corrected chi connectivity index (χ2v) is 5.21. The Hall–Kier alpha value is -2.37. The van der Waals surface area contributed by atoms with Gasteiger partial charge in [-0.15, -0.1) is 0 Å². The van der Waals surface area contributed by atoms with Crippen LogP contribution in [0, 0.1) is 0 Å². The summed E-state index contributed by atoms with van der Waals surface area (Å²) >= 11 is 0. The van der Waals surface area contributed by atoms with Gasteiger partial charge in [0.25, 0.3) is 5.91 Å². The summed E-state index contributed by atoms with van der Waals surface area (Å²) in [6, 6.07) is 16.8. The van der Waals surface area contributed by atoms with Gasteiger partial charge in [-0.25, -0.2) is 0 Å². The first-order valence-electron chi connectivity index (χ1n) is 7.46. The van der Waals surface area contributed by atoms with Crippen molar-refractivity contribution < 1.29 is 14.6 Å². The van der Waals surface area contributed by atoms with E-state index in [1.165, 1.54) is 7.11 Å². The van der Waals surface area contributed by atoms with Crippen molar-refractivity contribution in [1.29, 1.82) is 0 Å². The molecule has 0 saturated carbocycles. The normalized spacial score (nSPS) is 11.8.